The van der Waals surface area contributed by atoms with Gasteiger partial charge in [-0.15, -0.1) is 0 Å². The van der Waals surface area contributed by atoms with Crippen LogP contribution in [0, 0.1) is 5.92 Å². The van der Waals surface area contributed by atoms with Crippen molar-refractivity contribution in [2.75, 3.05) is 19.7 Å². The highest BCUT2D eigenvalue weighted by atomic mass is 16.5. The number of nitrogens with zero attached hydrogens (tertiary/aromatic N) is 2. The first kappa shape index (κ1) is 18.4. The molecule has 1 aliphatic heterocycles. The van der Waals surface area contributed by atoms with Crippen LogP contribution in [-0.4, -0.2) is 52.6 Å². The fourth-order valence-electron chi connectivity index (χ4n) is 4.06. The van der Waals surface area contributed by atoms with E-state index in [0.29, 0.717) is 11.8 Å². The molecule has 2 atom stereocenters. The van der Waals surface area contributed by atoms with Crippen molar-refractivity contribution in [1.29, 1.82) is 0 Å². The van der Waals surface area contributed by atoms with Gasteiger partial charge in [0.05, 0.1) is 12.4 Å². The maximum absolute atomic E-state index is 12.7. The number of likely N-dealkylation sites (tertiary alicyclic amines) is 1. The van der Waals surface area contributed by atoms with Gasteiger partial charge >= 0.3 is 0 Å². The maximum Gasteiger partial charge on any atom is 0.242 e. The van der Waals surface area contributed by atoms with Gasteiger partial charge in [0.1, 0.15) is 6.04 Å². The van der Waals surface area contributed by atoms with Crippen molar-refractivity contribution in [3.8, 4) is 0 Å². The van der Waals surface area contributed by atoms with Crippen LogP contribution in [0.4, 0.5) is 0 Å². The van der Waals surface area contributed by atoms with Gasteiger partial charge in [-0.3, -0.25) is 4.79 Å². The molecule has 0 spiro atoms. The summed E-state index contributed by atoms with van der Waals surface area (Å²) >= 11 is 0. The van der Waals surface area contributed by atoms with Crippen LogP contribution in [0.2, 0.25) is 0 Å². The summed E-state index contributed by atoms with van der Waals surface area (Å²) in [6, 6.07) is -0.563. The van der Waals surface area contributed by atoms with Crippen LogP contribution in [0.5, 0.6) is 0 Å². The number of imidazole rings is 1. The molecule has 1 amide bonds. The molecular formula is C19H32N4O2. The SMILES string of the molecule is C[C@@H](OCC1CCCCC1)[C@H](N)C(=O)N1CCC(c2cnc[nH]2)CC1. The maximum atomic E-state index is 12.7. The van der Waals surface area contributed by atoms with E-state index in [1.807, 2.05) is 18.0 Å². The Kier molecular flexibility index (Phi) is 6.48. The average Bonchev–Trinajstić information content (AvgIpc) is 3.20. The van der Waals surface area contributed by atoms with Gasteiger partial charge in [-0.05, 0) is 38.5 Å². The van der Waals surface area contributed by atoms with Crippen molar-refractivity contribution >= 4 is 5.91 Å². The van der Waals surface area contributed by atoms with Gasteiger partial charge in [0.2, 0.25) is 5.91 Å². The second-order valence-electron chi connectivity index (χ2n) is 7.67. The van der Waals surface area contributed by atoms with E-state index in [9.17, 15) is 4.79 Å². The number of carbonyl (C=O) groups excluding carboxylic acids is 1. The Balaban J connectivity index is 1.42. The van der Waals surface area contributed by atoms with Crippen molar-refractivity contribution in [3.63, 3.8) is 0 Å². The molecule has 25 heavy (non-hydrogen) atoms. The van der Waals surface area contributed by atoms with Crippen molar-refractivity contribution in [3.05, 3.63) is 18.2 Å². The van der Waals surface area contributed by atoms with Crippen LogP contribution < -0.4 is 5.73 Å². The fraction of sp³-hybridized carbons (Fsp3) is 0.789. The van der Waals surface area contributed by atoms with Gasteiger partial charge in [0, 0.05) is 37.5 Å². The second kappa shape index (κ2) is 8.81. The topological polar surface area (TPSA) is 84.2 Å². The highest BCUT2D eigenvalue weighted by Gasteiger charge is 2.30. The number of nitrogens with two attached hydrogens (primary N) is 1. The summed E-state index contributed by atoms with van der Waals surface area (Å²) in [6.45, 7) is 4.18. The summed E-state index contributed by atoms with van der Waals surface area (Å²) in [7, 11) is 0. The Bertz CT molecular complexity index is 520. The normalized spacial score (nSPS) is 22.7. The van der Waals surface area contributed by atoms with E-state index in [-0.39, 0.29) is 12.0 Å². The predicted octanol–water partition coefficient (Wildman–Crippen LogP) is 2.43. The first-order chi connectivity index (χ1) is 12.1. The number of rotatable bonds is 6. The monoisotopic (exact) mass is 348 g/mol. The van der Waals surface area contributed by atoms with Gasteiger partial charge in [-0.1, -0.05) is 19.3 Å². The lowest BCUT2D eigenvalue weighted by Gasteiger charge is -2.34. The number of piperidine rings is 1. The van der Waals surface area contributed by atoms with E-state index in [1.165, 1.54) is 37.8 Å². The Morgan fingerprint density at radius 2 is 2.04 bits per heavy atom. The van der Waals surface area contributed by atoms with Gasteiger partial charge in [-0.2, -0.15) is 0 Å². The zero-order valence-electron chi connectivity index (χ0n) is 15.3. The molecule has 1 aromatic heterocycles. The third-order valence-corrected chi connectivity index (χ3v) is 5.88. The van der Waals surface area contributed by atoms with Gasteiger partial charge in [-0.25, -0.2) is 4.98 Å². The van der Waals surface area contributed by atoms with E-state index < -0.39 is 6.04 Å². The van der Waals surface area contributed by atoms with E-state index in [4.69, 9.17) is 10.5 Å². The number of aromatic nitrogens is 2. The molecular weight excluding hydrogens is 316 g/mol. The van der Waals surface area contributed by atoms with Gasteiger partial charge in [0.15, 0.2) is 0 Å². The number of H-pyrrole nitrogens is 1. The molecule has 0 bridgehead atoms. The lowest BCUT2D eigenvalue weighted by molar-refractivity contribution is -0.137. The van der Waals surface area contributed by atoms with E-state index in [2.05, 4.69) is 9.97 Å². The van der Waals surface area contributed by atoms with Crippen LogP contribution in [0.1, 0.15) is 63.5 Å². The minimum absolute atomic E-state index is 0.0270. The molecule has 140 valence electrons. The average molecular weight is 348 g/mol. The third kappa shape index (κ3) is 4.82. The Labute approximate surface area is 150 Å². The van der Waals surface area contributed by atoms with E-state index in [0.717, 1.165) is 32.5 Å². The number of aromatic amines is 1. The summed E-state index contributed by atoms with van der Waals surface area (Å²) in [5.74, 6) is 1.13. The number of hydrogen-bond acceptors (Lipinski definition) is 4. The Morgan fingerprint density at radius 1 is 1.32 bits per heavy atom. The molecule has 2 fully saturated rings. The lowest BCUT2D eigenvalue weighted by atomic mass is 9.90. The molecule has 3 N–H and O–H groups in total. The zero-order valence-corrected chi connectivity index (χ0v) is 15.3. The molecule has 0 unspecified atom stereocenters. The summed E-state index contributed by atoms with van der Waals surface area (Å²) < 4.78 is 5.95. The summed E-state index contributed by atoms with van der Waals surface area (Å²) in [5.41, 5.74) is 7.37. The Morgan fingerprint density at radius 3 is 2.68 bits per heavy atom. The first-order valence-electron chi connectivity index (χ1n) is 9.79. The molecule has 2 aliphatic rings. The number of amides is 1. The number of carbonyl (C=O) groups is 1. The quantitative estimate of drug-likeness (QED) is 0.827. The van der Waals surface area contributed by atoms with Crippen molar-refractivity contribution in [2.24, 2.45) is 11.7 Å². The van der Waals surface area contributed by atoms with Gasteiger partial charge in [0.25, 0.3) is 0 Å². The molecule has 6 heteroatoms. The highest BCUT2D eigenvalue weighted by Crippen LogP contribution is 2.27. The molecule has 1 saturated carbocycles. The number of hydrogen-bond donors (Lipinski definition) is 2. The van der Waals surface area contributed by atoms with Gasteiger partial charge < -0.3 is 20.4 Å². The molecule has 3 rings (SSSR count). The van der Waals surface area contributed by atoms with Crippen molar-refractivity contribution in [1.82, 2.24) is 14.9 Å². The van der Waals surface area contributed by atoms with Crippen LogP contribution in [-0.2, 0) is 9.53 Å². The summed E-state index contributed by atoms with van der Waals surface area (Å²) in [5, 5.41) is 0. The number of nitrogens with one attached hydrogen (secondary N) is 1. The second-order valence-corrected chi connectivity index (χ2v) is 7.67. The lowest BCUT2D eigenvalue weighted by Crippen LogP contribution is -2.52. The summed E-state index contributed by atoms with van der Waals surface area (Å²) in [4.78, 5) is 21.9. The minimum Gasteiger partial charge on any atom is -0.376 e. The molecule has 0 aromatic carbocycles. The largest absolute Gasteiger partial charge is 0.376 e. The fourth-order valence-corrected chi connectivity index (χ4v) is 4.06. The van der Waals surface area contributed by atoms with E-state index >= 15 is 0 Å². The molecule has 0 radical (unpaired) electrons. The molecule has 1 aromatic rings. The van der Waals surface area contributed by atoms with Crippen molar-refractivity contribution < 1.29 is 9.53 Å². The molecule has 1 saturated heterocycles. The summed E-state index contributed by atoms with van der Waals surface area (Å²) in [6.07, 6.45) is 11.7. The minimum atomic E-state index is -0.563. The number of ether oxygens (including phenoxy) is 1. The van der Waals surface area contributed by atoms with E-state index in [1.54, 1.807) is 6.33 Å². The highest BCUT2D eigenvalue weighted by molar-refractivity contribution is 5.82. The standard InChI is InChI=1S/C19H32N4O2/c1-14(25-12-15-5-3-2-4-6-15)18(20)19(24)23-9-7-16(8-10-23)17-11-21-13-22-17/h11,13-16,18H,2-10,12,20H2,1H3,(H,21,22)/t14-,18+/m1/s1. The predicted molar refractivity (Wildman–Crippen MR) is 97.1 cm³/mol. The molecule has 2 heterocycles. The van der Waals surface area contributed by atoms with Crippen LogP contribution in [0.3, 0.4) is 0 Å². The smallest absolute Gasteiger partial charge is 0.242 e. The molecule has 6 nitrogen and oxygen atoms in total. The van der Waals surface area contributed by atoms with Crippen LogP contribution in [0.25, 0.3) is 0 Å². The van der Waals surface area contributed by atoms with Crippen LogP contribution >= 0.6 is 0 Å². The Hall–Kier alpha value is -1.40. The van der Waals surface area contributed by atoms with Crippen LogP contribution in [0.15, 0.2) is 12.5 Å². The molecule has 1 aliphatic carbocycles. The first-order valence-corrected chi connectivity index (χ1v) is 9.79. The third-order valence-electron chi connectivity index (χ3n) is 5.88. The van der Waals surface area contributed by atoms with Crippen molar-refractivity contribution in [2.45, 2.75) is 69.9 Å². The zero-order chi connectivity index (χ0) is 17.6.